The lowest BCUT2D eigenvalue weighted by Crippen LogP contribution is -2.40. The number of carbonyl (C=O) groups excluding carboxylic acids is 1. The van der Waals surface area contributed by atoms with Crippen LogP contribution in [0.4, 0.5) is 0 Å². The molecule has 5 heteroatoms. The zero-order valence-electron chi connectivity index (χ0n) is 9.52. The summed E-state index contributed by atoms with van der Waals surface area (Å²) in [4.78, 5) is 23.7. The predicted molar refractivity (Wildman–Crippen MR) is 55.5 cm³/mol. The van der Waals surface area contributed by atoms with Crippen LogP contribution >= 0.6 is 0 Å². The number of carbonyl (C=O) groups is 2. The number of likely N-dealkylation sites (N-methyl/N-ethyl adjacent to an activating group) is 1. The van der Waals surface area contributed by atoms with Crippen LogP contribution in [0, 0.1) is 5.92 Å². The number of rotatable bonds is 7. The molecular formula is C10H19NO4. The van der Waals surface area contributed by atoms with Crippen molar-refractivity contribution in [3.05, 3.63) is 0 Å². The highest BCUT2D eigenvalue weighted by molar-refractivity contribution is 5.96. The second-order valence-corrected chi connectivity index (χ2v) is 3.17. The third-order valence-electron chi connectivity index (χ3n) is 2.14. The molecule has 0 radical (unpaired) electrons. The van der Waals surface area contributed by atoms with Gasteiger partial charge in [-0.2, -0.15) is 0 Å². The molecule has 0 rings (SSSR count). The van der Waals surface area contributed by atoms with E-state index in [2.05, 4.69) is 0 Å². The van der Waals surface area contributed by atoms with Gasteiger partial charge in [0.1, 0.15) is 5.92 Å². The Bertz CT molecular complexity index is 217. The normalized spacial score (nSPS) is 12.2. The molecule has 5 nitrogen and oxygen atoms in total. The molecule has 0 bridgehead atoms. The number of hydrogen-bond donors (Lipinski definition) is 1. The molecule has 0 saturated carbocycles. The standard InChI is InChI=1S/C10H19NO4/c1-4-11(6-7-15-5-2)9(12)8(3)10(13)14/h8H,4-7H2,1-3H3,(H,13,14). The van der Waals surface area contributed by atoms with E-state index in [0.29, 0.717) is 26.3 Å². The van der Waals surface area contributed by atoms with Gasteiger partial charge in [0, 0.05) is 19.7 Å². The van der Waals surface area contributed by atoms with Gasteiger partial charge in [0.25, 0.3) is 0 Å². The van der Waals surface area contributed by atoms with Gasteiger partial charge in [0.05, 0.1) is 6.61 Å². The van der Waals surface area contributed by atoms with Crippen molar-refractivity contribution in [3.63, 3.8) is 0 Å². The zero-order valence-corrected chi connectivity index (χ0v) is 9.52. The minimum absolute atomic E-state index is 0.357. The van der Waals surface area contributed by atoms with Crippen molar-refractivity contribution in [2.75, 3.05) is 26.3 Å². The summed E-state index contributed by atoms with van der Waals surface area (Å²) in [5.41, 5.74) is 0. The summed E-state index contributed by atoms with van der Waals surface area (Å²) in [6, 6.07) is 0. The van der Waals surface area contributed by atoms with Crippen molar-refractivity contribution in [3.8, 4) is 0 Å². The summed E-state index contributed by atoms with van der Waals surface area (Å²) in [6.07, 6.45) is 0. The lowest BCUT2D eigenvalue weighted by Gasteiger charge is -2.22. The topological polar surface area (TPSA) is 66.8 Å². The second kappa shape index (κ2) is 7.23. The Balaban J connectivity index is 4.15. The van der Waals surface area contributed by atoms with Crippen LogP contribution in [0.2, 0.25) is 0 Å². The molecule has 88 valence electrons. The van der Waals surface area contributed by atoms with E-state index in [1.165, 1.54) is 11.8 Å². The summed E-state index contributed by atoms with van der Waals surface area (Å²) in [5, 5.41) is 8.69. The Morgan fingerprint density at radius 3 is 2.40 bits per heavy atom. The molecule has 1 N–H and O–H groups in total. The van der Waals surface area contributed by atoms with E-state index in [0.717, 1.165) is 0 Å². The molecule has 1 unspecified atom stereocenters. The second-order valence-electron chi connectivity index (χ2n) is 3.17. The first-order valence-electron chi connectivity index (χ1n) is 5.13. The number of nitrogens with zero attached hydrogens (tertiary/aromatic N) is 1. The van der Waals surface area contributed by atoms with Crippen LogP contribution < -0.4 is 0 Å². The molecule has 0 aromatic carbocycles. The maximum absolute atomic E-state index is 11.6. The highest BCUT2D eigenvalue weighted by atomic mass is 16.5. The highest BCUT2D eigenvalue weighted by Gasteiger charge is 2.24. The lowest BCUT2D eigenvalue weighted by molar-refractivity contribution is -0.150. The zero-order chi connectivity index (χ0) is 11.8. The van der Waals surface area contributed by atoms with E-state index >= 15 is 0 Å². The first kappa shape index (κ1) is 13.9. The Hall–Kier alpha value is -1.10. The fourth-order valence-corrected chi connectivity index (χ4v) is 1.12. The minimum Gasteiger partial charge on any atom is -0.481 e. The number of amides is 1. The molecule has 0 spiro atoms. The van der Waals surface area contributed by atoms with Crippen LogP contribution in [-0.4, -0.2) is 48.2 Å². The lowest BCUT2D eigenvalue weighted by atomic mass is 10.1. The number of carboxylic acid groups (broad SMARTS) is 1. The van der Waals surface area contributed by atoms with E-state index in [1.807, 2.05) is 13.8 Å². The van der Waals surface area contributed by atoms with Crippen LogP contribution in [0.1, 0.15) is 20.8 Å². The molecular weight excluding hydrogens is 198 g/mol. The monoisotopic (exact) mass is 217 g/mol. The van der Waals surface area contributed by atoms with Gasteiger partial charge < -0.3 is 14.7 Å². The summed E-state index contributed by atoms with van der Waals surface area (Å²) < 4.78 is 5.11. The van der Waals surface area contributed by atoms with Gasteiger partial charge in [-0.25, -0.2) is 0 Å². The van der Waals surface area contributed by atoms with Crippen molar-refractivity contribution in [2.24, 2.45) is 5.92 Å². The largest absolute Gasteiger partial charge is 0.481 e. The Morgan fingerprint density at radius 2 is 2.00 bits per heavy atom. The predicted octanol–water partition coefficient (Wildman–Crippen LogP) is 0.592. The smallest absolute Gasteiger partial charge is 0.315 e. The Labute approximate surface area is 90.0 Å². The molecule has 0 heterocycles. The van der Waals surface area contributed by atoms with Crippen molar-refractivity contribution in [1.29, 1.82) is 0 Å². The average molecular weight is 217 g/mol. The summed E-state index contributed by atoms with van der Waals surface area (Å²) in [7, 11) is 0. The van der Waals surface area contributed by atoms with E-state index in [9.17, 15) is 9.59 Å². The minimum atomic E-state index is -1.09. The number of carboxylic acids is 1. The van der Waals surface area contributed by atoms with Gasteiger partial charge in [-0.05, 0) is 20.8 Å². The fraction of sp³-hybridized carbons (Fsp3) is 0.800. The first-order chi connectivity index (χ1) is 7.04. The van der Waals surface area contributed by atoms with Gasteiger partial charge in [0.2, 0.25) is 5.91 Å². The SMILES string of the molecule is CCOCCN(CC)C(=O)C(C)C(=O)O. The van der Waals surface area contributed by atoms with Crippen molar-refractivity contribution in [2.45, 2.75) is 20.8 Å². The highest BCUT2D eigenvalue weighted by Crippen LogP contribution is 2.02. The first-order valence-corrected chi connectivity index (χ1v) is 5.13. The molecule has 0 aromatic rings. The molecule has 0 aliphatic carbocycles. The van der Waals surface area contributed by atoms with Crippen LogP contribution in [0.3, 0.4) is 0 Å². The number of aliphatic carboxylic acids is 1. The molecule has 0 aliphatic heterocycles. The van der Waals surface area contributed by atoms with E-state index in [4.69, 9.17) is 9.84 Å². The summed E-state index contributed by atoms with van der Waals surface area (Å²) in [6.45, 7) is 7.08. The third-order valence-corrected chi connectivity index (χ3v) is 2.14. The molecule has 1 amide bonds. The van der Waals surface area contributed by atoms with Gasteiger partial charge in [0.15, 0.2) is 0 Å². The fourth-order valence-electron chi connectivity index (χ4n) is 1.12. The van der Waals surface area contributed by atoms with Crippen LogP contribution in [0.15, 0.2) is 0 Å². The van der Waals surface area contributed by atoms with Crippen molar-refractivity contribution >= 4 is 11.9 Å². The van der Waals surface area contributed by atoms with E-state index < -0.39 is 11.9 Å². The van der Waals surface area contributed by atoms with Crippen molar-refractivity contribution in [1.82, 2.24) is 4.90 Å². The van der Waals surface area contributed by atoms with Gasteiger partial charge >= 0.3 is 5.97 Å². The maximum atomic E-state index is 11.6. The maximum Gasteiger partial charge on any atom is 0.315 e. The number of ether oxygens (including phenoxy) is 1. The molecule has 15 heavy (non-hydrogen) atoms. The quantitative estimate of drug-likeness (QED) is 0.500. The van der Waals surface area contributed by atoms with Gasteiger partial charge in [-0.3, -0.25) is 9.59 Å². The van der Waals surface area contributed by atoms with E-state index in [-0.39, 0.29) is 5.91 Å². The van der Waals surface area contributed by atoms with Crippen molar-refractivity contribution < 1.29 is 19.4 Å². The molecule has 0 aliphatic rings. The number of hydrogen-bond acceptors (Lipinski definition) is 3. The van der Waals surface area contributed by atoms with Crippen LogP contribution in [0.25, 0.3) is 0 Å². The molecule has 0 aromatic heterocycles. The molecule has 0 saturated heterocycles. The van der Waals surface area contributed by atoms with Crippen LogP contribution in [0.5, 0.6) is 0 Å². The van der Waals surface area contributed by atoms with E-state index in [1.54, 1.807) is 0 Å². The Morgan fingerprint density at radius 1 is 1.40 bits per heavy atom. The average Bonchev–Trinajstić information content (AvgIpc) is 2.22. The van der Waals surface area contributed by atoms with Gasteiger partial charge in [-0.1, -0.05) is 0 Å². The molecule has 1 atom stereocenters. The summed E-state index contributed by atoms with van der Waals surface area (Å²) in [5.74, 6) is -2.42. The third kappa shape index (κ3) is 4.78. The van der Waals surface area contributed by atoms with Gasteiger partial charge in [-0.15, -0.1) is 0 Å². The summed E-state index contributed by atoms with van der Waals surface area (Å²) >= 11 is 0. The molecule has 0 fully saturated rings. The van der Waals surface area contributed by atoms with Crippen LogP contribution in [-0.2, 0) is 14.3 Å². The Kier molecular flexibility index (Phi) is 6.70.